The zero-order chi connectivity index (χ0) is 18.0. The number of amides is 1. The van der Waals surface area contributed by atoms with Crippen molar-refractivity contribution in [1.29, 1.82) is 0 Å². The van der Waals surface area contributed by atoms with Gasteiger partial charge in [-0.05, 0) is 35.7 Å². The Bertz CT molecular complexity index is 907. The molecule has 0 saturated carbocycles. The van der Waals surface area contributed by atoms with Gasteiger partial charge >= 0.3 is 0 Å². The Hall–Kier alpha value is -1.82. The van der Waals surface area contributed by atoms with E-state index in [0.717, 1.165) is 4.70 Å². The zero-order valence-corrected chi connectivity index (χ0v) is 16.0. The van der Waals surface area contributed by atoms with Crippen molar-refractivity contribution in [3.8, 4) is 5.75 Å². The Morgan fingerprint density at radius 2 is 1.92 bits per heavy atom. The molecule has 1 N–H and O–H groups in total. The maximum absolute atomic E-state index is 12.1. The largest absolute Gasteiger partial charge is 0.484 e. The molecule has 3 rings (SSSR count). The summed E-state index contributed by atoms with van der Waals surface area (Å²) in [6.07, 6.45) is 0. The fourth-order valence-electron chi connectivity index (χ4n) is 2.24. The minimum absolute atomic E-state index is 0.0918. The molecule has 3 aromatic rings. The number of carbonyl (C=O) groups is 1. The molecule has 7 heteroatoms. The molecule has 1 amide bonds. The number of halogens is 2. The highest BCUT2D eigenvalue weighted by Crippen LogP contribution is 2.35. The van der Waals surface area contributed by atoms with Crippen LogP contribution in [-0.2, 0) is 4.79 Å². The number of hydrogen-bond donors (Lipinski definition) is 1. The molecule has 2 aromatic carbocycles. The highest BCUT2D eigenvalue weighted by molar-refractivity contribution is 7.22. The highest BCUT2D eigenvalue weighted by Gasteiger charge is 2.12. The van der Waals surface area contributed by atoms with Gasteiger partial charge in [-0.15, -0.1) is 0 Å². The summed E-state index contributed by atoms with van der Waals surface area (Å²) in [4.78, 5) is 16.4. The number of hydrogen-bond acceptors (Lipinski definition) is 4. The molecule has 0 aliphatic carbocycles. The third-order valence-corrected chi connectivity index (χ3v) is 5.35. The Balaban J connectivity index is 1.62. The summed E-state index contributed by atoms with van der Waals surface area (Å²) < 4.78 is 6.37. The van der Waals surface area contributed by atoms with Crippen LogP contribution in [0.4, 0.5) is 5.13 Å². The van der Waals surface area contributed by atoms with Crippen LogP contribution in [0.15, 0.2) is 36.4 Å². The van der Waals surface area contributed by atoms with Gasteiger partial charge in [0.1, 0.15) is 11.3 Å². The first-order valence-electron chi connectivity index (χ1n) is 7.71. The summed E-state index contributed by atoms with van der Waals surface area (Å²) in [5, 5.41) is 4.00. The number of fused-ring (bicyclic) bond motifs is 1. The van der Waals surface area contributed by atoms with Gasteiger partial charge in [0.05, 0.1) is 14.7 Å². The Morgan fingerprint density at radius 3 is 2.60 bits per heavy atom. The fourth-order valence-corrected chi connectivity index (χ4v) is 3.55. The van der Waals surface area contributed by atoms with Crippen molar-refractivity contribution in [2.75, 3.05) is 11.9 Å². The van der Waals surface area contributed by atoms with Crippen molar-refractivity contribution in [2.24, 2.45) is 0 Å². The molecule has 1 heterocycles. The monoisotopic (exact) mass is 394 g/mol. The Morgan fingerprint density at radius 1 is 1.20 bits per heavy atom. The summed E-state index contributed by atoms with van der Waals surface area (Å²) in [6, 6.07) is 11.3. The molecule has 0 spiro atoms. The lowest BCUT2D eigenvalue weighted by Crippen LogP contribution is -2.20. The van der Waals surface area contributed by atoms with E-state index < -0.39 is 0 Å². The molecule has 0 fully saturated rings. The van der Waals surface area contributed by atoms with Crippen molar-refractivity contribution < 1.29 is 9.53 Å². The van der Waals surface area contributed by atoms with E-state index in [2.05, 4.69) is 24.1 Å². The minimum atomic E-state index is -0.283. The summed E-state index contributed by atoms with van der Waals surface area (Å²) in [7, 11) is 0. The summed E-state index contributed by atoms with van der Waals surface area (Å²) in [5.41, 5.74) is 1.81. The van der Waals surface area contributed by atoms with Crippen LogP contribution in [-0.4, -0.2) is 17.5 Å². The average Bonchev–Trinajstić information content (AvgIpc) is 3.00. The van der Waals surface area contributed by atoms with Crippen LogP contribution in [0.2, 0.25) is 10.0 Å². The number of carbonyl (C=O) groups excluding carboxylic acids is 1. The predicted molar refractivity (Wildman–Crippen MR) is 104 cm³/mol. The Labute approximate surface area is 159 Å². The number of thiazole rings is 1. The summed E-state index contributed by atoms with van der Waals surface area (Å²) in [5.74, 6) is 0.824. The molecular weight excluding hydrogens is 379 g/mol. The number of nitrogens with one attached hydrogen (secondary N) is 1. The van der Waals surface area contributed by atoms with E-state index in [0.29, 0.717) is 32.4 Å². The Kier molecular flexibility index (Phi) is 5.47. The molecule has 0 saturated heterocycles. The van der Waals surface area contributed by atoms with Crippen LogP contribution < -0.4 is 10.1 Å². The van der Waals surface area contributed by atoms with Gasteiger partial charge < -0.3 is 4.74 Å². The fraction of sp³-hybridized carbons (Fsp3) is 0.222. The molecule has 25 heavy (non-hydrogen) atoms. The molecule has 0 atom stereocenters. The lowest BCUT2D eigenvalue weighted by Gasteiger charge is -2.08. The van der Waals surface area contributed by atoms with E-state index in [1.807, 2.05) is 30.3 Å². The first kappa shape index (κ1) is 18.0. The molecule has 0 aliphatic heterocycles. The van der Waals surface area contributed by atoms with Gasteiger partial charge in [0.25, 0.3) is 5.91 Å². The number of benzene rings is 2. The smallest absolute Gasteiger partial charge is 0.264 e. The number of anilines is 1. The third-order valence-electron chi connectivity index (χ3n) is 3.62. The first-order chi connectivity index (χ1) is 11.9. The van der Waals surface area contributed by atoms with E-state index in [1.54, 1.807) is 6.07 Å². The van der Waals surface area contributed by atoms with Gasteiger partial charge in [0.2, 0.25) is 0 Å². The molecule has 0 radical (unpaired) electrons. The van der Waals surface area contributed by atoms with Crippen molar-refractivity contribution in [2.45, 2.75) is 19.8 Å². The van der Waals surface area contributed by atoms with Gasteiger partial charge in [-0.1, -0.05) is 60.5 Å². The minimum Gasteiger partial charge on any atom is -0.484 e. The van der Waals surface area contributed by atoms with Crippen LogP contribution in [0.3, 0.4) is 0 Å². The van der Waals surface area contributed by atoms with E-state index >= 15 is 0 Å². The van der Waals surface area contributed by atoms with Crippen molar-refractivity contribution in [3.63, 3.8) is 0 Å². The second kappa shape index (κ2) is 7.60. The molecule has 1 aromatic heterocycles. The third kappa shape index (κ3) is 4.24. The zero-order valence-electron chi connectivity index (χ0n) is 13.7. The highest BCUT2D eigenvalue weighted by atomic mass is 35.5. The van der Waals surface area contributed by atoms with Crippen molar-refractivity contribution in [3.05, 3.63) is 52.0 Å². The van der Waals surface area contributed by atoms with Gasteiger partial charge in [-0.3, -0.25) is 10.1 Å². The number of rotatable bonds is 5. The first-order valence-corrected chi connectivity index (χ1v) is 9.28. The summed E-state index contributed by atoms with van der Waals surface area (Å²) >= 11 is 13.4. The topological polar surface area (TPSA) is 51.2 Å². The summed E-state index contributed by atoms with van der Waals surface area (Å²) in [6.45, 7) is 4.16. The number of aromatic nitrogens is 1. The molecule has 0 aliphatic rings. The van der Waals surface area contributed by atoms with Gasteiger partial charge in [0, 0.05) is 0 Å². The van der Waals surface area contributed by atoms with E-state index in [1.165, 1.54) is 16.9 Å². The van der Waals surface area contributed by atoms with E-state index in [-0.39, 0.29) is 12.5 Å². The van der Waals surface area contributed by atoms with Crippen LogP contribution in [0.1, 0.15) is 25.3 Å². The second-order valence-corrected chi connectivity index (χ2v) is 7.60. The SMILES string of the molecule is CC(C)c1ccc(OCC(=O)Nc2nc3c(Cl)c(Cl)ccc3s2)cc1. The molecule has 0 unspecified atom stereocenters. The molecule has 4 nitrogen and oxygen atoms in total. The van der Waals surface area contributed by atoms with Gasteiger partial charge in [-0.2, -0.15) is 0 Å². The molecular formula is C18H16Cl2N2O2S. The average molecular weight is 395 g/mol. The molecule has 130 valence electrons. The van der Waals surface area contributed by atoms with Crippen molar-refractivity contribution in [1.82, 2.24) is 4.98 Å². The number of nitrogens with zero attached hydrogens (tertiary/aromatic N) is 1. The van der Waals surface area contributed by atoms with Gasteiger partial charge in [-0.25, -0.2) is 4.98 Å². The van der Waals surface area contributed by atoms with Crippen LogP contribution >= 0.6 is 34.5 Å². The maximum atomic E-state index is 12.1. The number of ether oxygens (including phenoxy) is 1. The predicted octanol–water partition coefficient (Wildman–Crippen LogP) is 5.74. The lowest BCUT2D eigenvalue weighted by molar-refractivity contribution is -0.118. The van der Waals surface area contributed by atoms with Crippen LogP contribution in [0.25, 0.3) is 10.2 Å². The van der Waals surface area contributed by atoms with E-state index in [9.17, 15) is 4.79 Å². The standard InChI is InChI=1S/C18H16Cl2N2O2S/c1-10(2)11-3-5-12(6-4-11)24-9-15(23)21-18-22-17-14(25-18)8-7-13(19)16(17)20/h3-8,10H,9H2,1-2H3,(H,21,22,23). The second-order valence-electron chi connectivity index (χ2n) is 5.79. The van der Waals surface area contributed by atoms with Crippen LogP contribution in [0.5, 0.6) is 5.75 Å². The maximum Gasteiger partial charge on any atom is 0.264 e. The van der Waals surface area contributed by atoms with E-state index in [4.69, 9.17) is 27.9 Å². The molecule has 0 bridgehead atoms. The quantitative estimate of drug-likeness (QED) is 0.599. The van der Waals surface area contributed by atoms with Gasteiger partial charge in [0.15, 0.2) is 11.7 Å². The van der Waals surface area contributed by atoms with Crippen molar-refractivity contribution >= 4 is 55.8 Å². The van der Waals surface area contributed by atoms with Crippen LogP contribution in [0, 0.1) is 0 Å². The normalized spacial score (nSPS) is 11.1. The lowest BCUT2D eigenvalue weighted by atomic mass is 10.0.